The van der Waals surface area contributed by atoms with E-state index in [2.05, 4.69) is 17.1 Å². The lowest BCUT2D eigenvalue weighted by atomic mass is 9.69. The summed E-state index contributed by atoms with van der Waals surface area (Å²) in [5, 5.41) is 0. The molecule has 0 saturated heterocycles. The third kappa shape index (κ3) is 3.84. The van der Waals surface area contributed by atoms with Gasteiger partial charge in [-0.15, -0.1) is 0 Å². The Balaban J connectivity index is 1.76. The van der Waals surface area contributed by atoms with Gasteiger partial charge in [0, 0.05) is 41.7 Å². The van der Waals surface area contributed by atoms with Crippen molar-refractivity contribution in [3.63, 3.8) is 0 Å². The molecule has 0 bridgehead atoms. The molecule has 154 valence electrons. The van der Waals surface area contributed by atoms with Crippen molar-refractivity contribution in [1.82, 2.24) is 4.98 Å². The van der Waals surface area contributed by atoms with Crippen molar-refractivity contribution in [2.75, 3.05) is 6.61 Å². The molecule has 0 fully saturated rings. The van der Waals surface area contributed by atoms with E-state index in [1.807, 2.05) is 44.2 Å². The van der Waals surface area contributed by atoms with E-state index < -0.39 is 11.8 Å². The average molecular weight is 402 g/mol. The number of aliphatic imine (C=N–C) groups is 1. The van der Waals surface area contributed by atoms with Gasteiger partial charge in [-0.2, -0.15) is 0 Å². The molecule has 1 unspecified atom stereocenters. The number of pyridine rings is 1. The van der Waals surface area contributed by atoms with Crippen LogP contribution in [0.4, 0.5) is 0 Å². The molecule has 5 heteroatoms. The Labute approximate surface area is 176 Å². The summed E-state index contributed by atoms with van der Waals surface area (Å²) >= 11 is 0. The smallest absolute Gasteiger partial charge is 0.315 e. The normalized spacial score (nSPS) is 23.6. The summed E-state index contributed by atoms with van der Waals surface area (Å²) in [6.45, 7) is 4.18. The fraction of sp³-hybridized carbons (Fsp3) is 0.360. The van der Waals surface area contributed by atoms with E-state index in [0.29, 0.717) is 30.7 Å². The van der Waals surface area contributed by atoms with E-state index in [1.54, 1.807) is 12.4 Å². The zero-order valence-electron chi connectivity index (χ0n) is 17.4. The fourth-order valence-corrected chi connectivity index (χ4v) is 4.54. The number of esters is 1. The number of carbonyl (C=O) groups excluding carboxylic acids is 2. The van der Waals surface area contributed by atoms with Crippen LogP contribution < -0.4 is 0 Å². The van der Waals surface area contributed by atoms with Gasteiger partial charge in [-0.1, -0.05) is 43.3 Å². The fourth-order valence-electron chi connectivity index (χ4n) is 4.54. The van der Waals surface area contributed by atoms with E-state index in [4.69, 9.17) is 9.73 Å². The van der Waals surface area contributed by atoms with Gasteiger partial charge in [0.25, 0.3) is 0 Å². The van der Waals surface area contributed by atoms with Crippen molar-refractivity contribution in [2.45, 2.75) is 44.9 Å². The van der Waals surface area contributed by atoms with Crippen molar-refractivity contribution in [3.8, 4) is 0 Å². The monoisotopic (exact) mass is 402 g/mol. The number of nitrogens with zero attached hydrogens (tertiary/aromatic N) is 2. The van der Waals surface area contributed by atoms with Crippen LogP contribution in [0.15, 0.2) is 71.1 Å². The summed E-state index contributed by atoms with van der Waals surface area (Å²) < 4.78 is 5.48. The Morgan fingerprint density at radius 1 is 1.10 bits per heavy atom. The first-order valence-corrected chi connectivity index (χ1v) is 10.5. The lowest BCUT2D eigenvalue weighted by Gasteiger charge is -2.36. The lowest BCUT2D eigenvalue weighted by Crippen LogP contribution is -2.38. The van der Waals surface area contributed by atoms with Crippen molar-refractivity contribution >= 4 is 17.5 Å². The highest BCUT2D eigenvalue weighted by molar-refractivity contribution is 6.09. The van der Waals surface area contributed by atoms with Crippen molar-refractivity contribution in [2.24, 2.45) is 10.9 Å². The minimum absolute atomic E-state index is 0.0588. The molecule has 0 saturated carbocycles. The molecule has 1 aromatic heterocycles. The van der Waals surface area contributed by atoms with Gasteiger partial charge in [0.2, 0.25) is 0 Å². The van der Waals surface area contributed by atoms with Gasteiger partial charge in [-0.05, 0) is 42.9 Å². The van der Waals surface area contributed by atoms with Crippen LogP contribution in [0.5, 0.6) is 0 Å². The van der Waals surface area contributed by atoms with Gasteiger partial charge < -0.3 is 4.74 Å². The number of ketones is 1. The maximum Gasteiger partial charge on any atom is 0.315 e. The molecule has 5 nitrogen and oxygen atoms in total. The second kappa shape index (κ2) is 8.74. The van der Waals surface area contributed by atoms with Gasteiger partial charge in [-0.3, -0.25) is 19.6 Å². The second-order valence-corrected chi connectivity index (χ2v) is 7.96. The Hall–Kier alpha value is -3.08. The number of aromatic nitrogens is 1. The molecule has 2 heterocycles. The number of carbonyl (C=O) groups is 2. The summed E-state index contributed by atoms with van der Waals surface area (Å²) in [7, 11) is 0. The molecule has 4 rings (SSSR count). The summed E-state index contributed by atoms with van der Waals surface area (Å²) in [5.41, 5.74) is 4.15. The minimum atomic E-state index is -0.600. The van der Waals surface area contributed by atoms with Gasteiger partial charge in [-0.25, -0.2) is 0 Å². The molecule has 0 radical (unpaired) electrons. The van der Waals surface area contributed by atoms with Crippen LogP contribution in [0.3, 0.4) is 0 Å². The SMILES string of the molecule is CCCOC(=O)C1C(C)=NC2=C(C(=O)C[C@@H](c3ccccc3)C2)[C@@H]1c1cccnc1. The quantitative estimate of drug-likeness (QED) is 0.685. The molecular weight excluding hydrogens is 376 g/mol. The second-order valence-electron chi connectivity index (χ2n) is 7.96. The summed E-state index contributed by atoms with van der Waals surface area (Å²) in [6, 6.07) is 13.9. The topological polar surface area (TPSA) is 68.6 Å². The Bertz CT molecular complexity index is 996. The third-order valence-electron chi connectivity index (χ3n) is 5.91. The van der Waals surface area contributed by atoms with Crippen molar-refractivity contribution < 1.29 is 14.3 Å². The number of hydrogen-bond donors (Lipinski definition) is 0. The highest BCUT2D eigenvalue weighted by Gasteiger charge is 2.44. The zero-order valence-corrected chi connectivity index (χ0v) is 17.4. The number of benzene rings is 1. The van der Waals surface area contributed by atoms with E-state index in [0.717, 1.165) is 23.2 Å². The van der Waals surface area contributed by atoms with Crippen molar-refractivity contribution in [1.29, 1.82) is 0 Å². The third-order valence-corrected chi connectivity index (χ3v) is 5.91. The van der Waals surface area contributed by atoms with E-state index in [9.17, 15) is 9.59 Å². The van der Waals surface area contributed by atoms with Crippen LogP contribution in [0.1, 0.15) is 56.1 Å². The molecular formula is C25H26N2O3. The molecule has 0 amide bonds. The highest BCUT2D eigenvalue weighted by Crippen LogP contribution is 2.46. The summed E-state index contributed by atoms with van der Waals surface area (Å²) in [6.07, 6.45) is 5.30. The Kier molecular flexibility index (Phi) is 5.88. The van der Waals surface area contributed by atoms with Gasteiger partial charge in [0.1, 0.15) is 5.92 Å². The largest absolute Gasteiger partial charge is 0.465 e. The van der Waals surface area contributed by atoms with E-state index in [1.165, 1.54) is 0 Å². The predicted molar refractivity (Wildman–Crippen MR) is 115 cm³/mol. The average Bonchev–Trinajstić information content (AvgIpc) is 2.77. The molecule has 1 aliphatic heterocycles. The van der Waals surface area contributed by atoms with Crippen molar-refractivity contribution in [3.05, 3.63) is 77.3 Å². The van der Waals surface area contributed by atoms with Gasteiger partial charge in [0.15, 0.2) is 5.78 Å². The summed E-state index contributed by atoms with van der Waals surface area (Å²) in [5.74, 6) is -1.16. The minimum Gasteiger partial charge on any atom is -0.465 e. The first-order chi connectivity index (χ1) is 14.6. The summed E-state index contributed by atoms with van der Waals surface area (Å²) in [4.78, 5) is 35.4. The van der Waals surface area contributed by atoms with Crippen LogP contribution in [0.2, 0.25) is 0 Å². The maximum absolute atomic E-state index is 13.4. The maximum atomic E-state index is 13.4. The van der Waals surface area contributed by atoms with Crippen LogP contribution in [-0.2, 0) is 14.3 Å². The predicted octanol–water partition coefficient (Wildman–Crippen LogP) is 4.61. The first kappa shape index (κ1) is 20.2. The number of ether oxygens (including phenoxy) is 1. The standard InChI is InChI=1S/C25H26N2O3/c1-3-12-30-25(29)22-16(2)27-20-13-19(17-8-5-4-6-9-17)14-21(28)24(20)23(22)18-10-7-11-26-15-18/h4-11,15,19,22-23H,3,12-14H2,1-2H3/t19-,22?,23+/m0/s1. The molecule has 1 aliphatic carbocycles. The molecule has 0 N–H and O–H groups in total. The molecule has 2 aromatic rings. The zero-order chi connectivity index (χ0) is 21.1. The number of Topliss-reactive ketones (excluding diaryl/α,β-unsaturated/α-hetero) is 1. The Morgan fingerprint density at radius 2 is 1.87 bits per heavy atom. The van der Waals surface area contributed by atoms with Crippen LogP contribution in [-0.4, -0.2) is 29.1 Å². The Morgan fingerprint density at radius 3 is 2.57 bits per heavy atom. The van der Waals surface area contributed by atoms with E-state index >= 15 is 0 Å². The number of hydrogen-bond acceptors (Lipinski definition) is 5. The molecule has 30 heavy (non-hydrogen) atoms. The number of allylic oxidation sites excluding steroid dienone is 2. The van der Waals surface area contributed by atoms with Crippen LogP contribution in [0, 0.1) is 5.92 Å². The van der Waals surface area contributed by atoms with Crippen LogP contribution in [0.25, 0.3) is 0 Å². The van der Waals surface area contributed by atoms with Gasteiger partial charge in [0.05, 0.1) is 6.61 Å². The molecule has 3 atom stereocenters. The molecule has 0 spiro atoms. The molecule has 2 aliphatic rings. The number of rotatable bonds is 5. The van der Waals surface area contributed by atoms with E-state index in [-0.39, 0.29) is 17.7 Å². The van der Waals surface area contributed by atoms with Gasteiger partial charge >= 0.3 is 5.97 Å². The molecule has 1 aromatic carbocycles. The highest BCUT2D eigenvalue weighted by atomic mass is 16.5. The first-order valence-electron chi connectivity index (χ1n) is 10.5. The van der Waals surface area contributed by atoms with Crippen LogP contribution >= 0.6 is 0 Å². The lowest BCUT2D eigenvalue weighted by molar-refractivity contribution is -0.146.